The van der Waals surface area contributed by atoms with Crippen LogP contribution in [0.25, 0.3) is 0 Å². The van der Waals surface area contributed by atoms with Crippen molar-refractivity contribution >= 4 is 17.6 Å². The summed E-state index contributed by atoms with van der Waals surface area (Å²) >= 11 is 0. The van der Waals surface area contributed by atoms with Gasteiger partial charge in [-0.15, -0.1) is 0 Å². The molecule has 0 unspecified atom stereocenters. The number of hydrogen-bond acceptors (Lipinski definition) is 3. The normalized spacial score (nSPS) is 16.2. The minimum Gasteiger partial charge on any atom is -0.274 e. The third-order valence-electron chi connectivity index (χ3n) is 2.36. The fourth-order valence-corrected chi connectivity index (χ4v) is 1.44. The van der Waals surface area contributed by atoms with E-state index < -0.39 is 23.6 Å². The second kappa shape index (κ2) is 4.00. The lowest BCUT2D eigenvalue weighted by Gasteiger charge is -2.32. The average Bonchev–Trinajstić information content (AvgIpc) is 2.23. The van der Waals surface area contributed by atoms with Crippen molar-refractivity contribution < 1.29 is 18.4 Å². The number of nitrogens with one attached hydrogen (secondary N) is 1. The van der Waals surface area contributed by atoms with E-state index >= 15 is 0 Å². The first-order chi connectivity index (χ1) is 7.97. The van der Waals surface area contributed by atoms with Gasteiger partial charge in [0.25, 0.3) is 5.91 Å². The summed E-state index contributed by atoms with van der Waals surface area (Å²) in [4.78, 5) is 23.6. The first-order valence-corrected chi connectivity index (χ1v) is 4.78. The van der Waals surface area contributed by atoms with Crippen LogP contribution in [0.3, 0.4) is 0 Å². The predicted molar refractivity (Wildman–Crippen MR) is 55.0 cm³/mol. The maximum absolute atomic E-state index is 13.0. The molecule has 0 aromatic heterocycles. The van der Waals surface area contributed by atoms with E-state index in [4.69, 9.17) is 0 Å². The van der Waals surface area contributed by atoms with E-state index in [0.717, 1.165) is 22.0 Å². The molecule has 2 rings (SSSR count). The van der Waals surface area contributed by atoms with E-state index in [9.17, 15) is 18.4 Å². The molecule has 1 saturated heterocycles. The highest BCUT2D eigenvalue weighted by atomic mass is 19.1. The molecule has 1 aliphatic heterocycles. The minimum atomic E-state index is -0.777. The maximum Gasteiger partial charge on any atom is 0.342 e. The molecule has 1 aromatic rings. The molecule has 5 nitrogen and oxygen atoms in total. The molecule has 0 radical (unpaired) electrons. The van der Waals surface area contributed by atoms with Crippen LogP contribution in [0.4, 0.5) is 19.3 Å². The molecule has 1 heterocycles. The van der Waals surface area contributed by atoms with Crippen LogP contribution < -0.4 is 10.4 Å². The Labute approximate surface area is 95.6 Å². The van der Waals surface area contributed by atoms with Crippen LogP contribution in [0, 0.1) is 11.6 Å². The molecule has 17 heavy (non-hydrogen) atoms. The molecule has 0 bridgehead atoms. The molecule has 1 aromatic carbocycles. The van der Waals surface area contributed by atoms with Gasteiger partial charge < -0.3 is 0 Å². The zero-order valence-corrected chi connectivity index (χ0v) is 8.91. The molecule has 1 aliphatic rings. The molecule has 0 saturated carbocycles. The lowest BCUT2D eigenvalue weighted by Crippen LogP contribution is -2.59. The van der Waals surface area contributed by atoms with E-state index in [1.807, 2.05) is 0 Å². The van der Waals surface area contributed by atoms with Crippen molar-refractivity contribution in [1.29, 1.82) is 0 Å². The summed E-state index contributed by atoms with van der Waals surface area (Å²) in [5.74, 6) is -2.01. The van der Waals surface area contributed by atoms with Crippen molar-refractivity contribution in [3.8, 4) is 0 Å². The number of rotatable bonds is 1. The number of imide groups is 1. The molecule has 1 fully saturated rings. The zero-order valence-electron chi connectivity index (χ0n) is 8.91. The summed E-state index contributed by atoms with van der Waals surface area (Å²) in [6, 6.07) is 2.12. The zero-order chi connectivity index (χ0) is 12.6. The van der Waals surface area contributed by atoms with Gasteiger partial charge in [0.2, 0.25) is 0 Å². The third-order valence-corrected chi connectivity index (χ3v) is 2.36. The Hall–Kier alpha value is -2.18. The Kier molecular flexibility index (Phi) is 2.66. The summed E-state index contributed by atoms with van der Waals surface area (Å²) in [5.41, 5.74) is 2.41. The first kappa shape index (κ1) is 11.3. The molecule has 90 valence electrons. The Bertz CT molecular complexity index is 454. The number of urea groups is 1. The molecule has 3 amide bonds. The molecular weight excluding hydrogens is 232 g/mol. The monoisotopic (exact) mass is 241 g/mol. The Morgan fingerprint density at radius 3 is 2.29 bits per heavy atom. The van der Waals surface area contributed by atoms with Gasteiger partial charge in [-0.05, 0) is 12.1 Å². The van der Waals surface area contributed by atoms with Crippen LogP contribution >= 0.6 is 0 Å². The number of anilines is 1. The van der Waals surface area contributed by atoms with Gasteiger partial charge in [0, 0.05) is 13.1 Å². The third kappa shape index (κ3) is 2.17. The van der Waals surface area contributed by atoms with Crippen molar-refractivity contribution in [3.05, 3.63) is 29.8 Å². The van der Waals surface area contributed by atoms with Crippen LogP contribution in [-0.2, 0) is 4.79 Å². The molecular formula is C10H9F2N3O2. The van der Waals surface area contributed by atoms with E-state index in [1.165, 1.54) is 7.05 Å². The standard InChI is InChI=1S/C10H9F2N3O2/c1-14-9(16)5-15(13-10(14)17)8-3-6(11)2-7(12)4-8/h2-4H,5H2,1H3,(H,13,17). The summed E-state index contributed by atoms with van der Waals surface area (Å²) in [6.45, 7) is -0.175. The lowest BCUT2D eigenvalue weighted by atomic mass is 10.3. The van der Waals surface area contributed by atoms with Crippen LogP contribution in [-0.4, -0.2) is 30.4 Å². The maximum atomic E-state index is 13.0. The number of hydrogen-bond donors (Lipinski definition) is 1. The fraction of sp³-hybridized carbons (Fsp3) is 0.200. The summed E-state index contributed by atoms with van der Waals surface area (Å²) < 4.78 is 26.0. The second-order valence-corrected chi connectivity index (χ2v) is 3.58. The Morgan fingerprint density at radius 1 is 1.18 bits per heavy atom. The molecule has 0 aliphatic carbocycles. The van der Waals surface area contributed by atoms with Gasteiger partial charge in [0.1, 0.15) is 18.2 Å². The summed E-state index contributed by atoms with van der Waals surface area (Å²) in [7, 11) is 1.32. The smallest absolute Gasteiger partial charge is 0.274 e. The van der Waals surface area contributed by atoms with Gasteiger partial charge in [0.15, 0.2) is 0 Å². The van der Waals surface area contributed by atoms with Gasteiger partial charge in [0.05, 0.1) is 5.69 Å². The quantitative estimate of drug-likeness (QED) is 0.793. The van der Waals surface area contributed by atoms with Crippen LogP contribution in [0.2, 0.25) is 0 Å². The minimum absolute atomic E-state index is 0.0808. The first-order valence-electron chi connectivity index (χ1n) is 4.78. The Balaban J connectivity index is 2.29. The number of carbonyl (C=O) groups excluding carboxylic acids is 2. The topological polar surface area (TPSA) is 52.7 Å². The van der Waals surface area contributed by atoms with Crippen LogP contribution in [0.15, 0.2) is 18.2 Å². The van der Waals surface area contributed by atoms with Gasteiger partial charge in [-0.2, -0.15) is 0 Å². The number of nitrogens with zero attached hydrogens (tertiary/aromatic N) is 2. The number of hydrazine groups is 1. The molecule has 7 heteroatoms. The predicted octanol–water partition coefficient (Wildman–Crippen LogP) is 0.868. The SMILES string of the molecule is CN1C(=O)CN(c2cc(F)cc(F)c2)NC1=O. The lowest BCUT2D eigenvalue weighted by molar-refractivity contribution is -0.126. The highest BCUT2D eigenvalue weighted by Gasteiger charge is 2.28. The molecule has 0 spiro atoms. The van der Waals surface area contributed by atoms with Gasteiger partial charge >= 0.3 is 6.03 Å². The number of carbonyl (C=O) groups is 2. The van der Waals surface area contributed by atoms with E-state index in [0.29, 0.717) is 6.07 Å². The Morgan fingerprint density at radius 2 is 1.76 bits per heavy atom. The van der Waals surface area contributed by atoms with Crippen molar-refractivity contribution in [2.24, 2.45) is 0 Å². The highest BCUT2D eigenvalue weighted by Crippen LogP contribution is 2.18. The van der Waals surface area contributed by atoms with Crippen molar-refractivity contribution in [3.63, 3.8) is 0 Å². The van der Waals surface area contributed by atoms with Crippen molar-refractivity contribution in [1.82, 2.24) is 10.3 Å². The largest absolute Gasteiger partial charge is 0.342 e. The fourth-order valence-electron chi connectivity index (χ4n) is 1.44. The van der Waals surface area contributed by atoms with E-state index in [2.05, 4.69) is 5.43 Å². The number of benzene rings is 1. The van der Waals surface area contributed by atoms with Crippen molar-refractivity contribution in [2.75, 3.05) is 18.6 Å². The number of amides is 3. The van der Waals surface area contributed by atoms with Crippen LogP contribution in [0.1, 0.15) is 0 Å². The van der Waals surface area contributed by atoms with E-state index in [-0.39, 0.29) is 12.2 Å². The van der Waals surface area contributed by atoms with Gasteiger partial charge in [-0.1, -0.05) is 0 Å². The second-order valence-electron chi connectivity index (χ2n) is 3.58. The van der Waals surface area contributed by atoms with Gasteiger partial charge in [-0.25, -0.2) is 19.0 Å². The molecule has 1 N–H and O–H groups in total. The number of likely N-dealkylation sites (N-methyl/N-ethyl adjacent to an activating group) is 1. The summed E-state index contributed by atoms with van der Waals surface area (Å²) in [6.07, 6.45) is 0. The van der Waals surface area contributed by atoms with E-state index in [1.54, 1.807) is 0 Å². The molecule has 0 atom stereocenters. The average molecular weight is 241 g/mol. The summed E-state index contributed by atoms with van der Waals surface area (Å²) in [5, 5.41) is 1.09. The van der Waals surface area contributed by atoms with Crippen molar-refractivity contribution in [2.45, 2.75) is 0 Å². The highest BCUT2D eigenvalue weighted by molar-refractivity contribution is 5.99. The van der Waals surface area contributed by atoms with Crippen LogP contribution in [0.5, 0.6) is 0 Å². The van der Waals surface area contributed by atoms with Gasteiger partial charge in [-0.3, -0.25) is 14.7 Å². The number of halogens is 2.